The highest BCUT2D eigenvalue weighted by Crippen LogP contribution is 2.51. The third kappa shape index (κ3) is 2.95. The van der Waals surface area contributed by atoms with E-state index in [1.165, 1.54) is 27.8 Å². The van der Waals surface area contributed by atoms with Gasteiger partial charge in [-0.2, -0.15) is 0 Å². The lowest BCUT2D eigenvalue weighted by atomic mass is 9.81. The molecule has 2 aliphatic rings. The first-order valence-corrected chi connectivity index (χ1v) is 11.4. The van der Waals surface area contributed by atoms with Crippen molar-refractivity contribution in [3.63, 3.8) is 0 Å². The van der Waals surface area contributed by atoms with Gasteiger partial charge in [0, 0.05) is 18.2 Å². The molecule has 0 N–H and O–H groups in total. The van der Waals surface area contributed by atoms with Gasteiger partial charge in [-0.3, -0.25) is 4.99 Å². The molecule has 4 aromatic rings. The summed E-state index contributed by atoms with van der Waals surface area (Å²) in [6, 6.07) is 38.4. The van der Waals surface area contributed by atoms with Crippen LogP contribution in [0.15, 0.2) is 120 Å². The van der Waals surface area contributed by atoms with Gasteiger partial charge in [0.05, 0.1) is 5.71 Å². The van der Waals surface area contributed by atoms with Crippen molar-refractivity contribution in [1.29, 1.82) is 0 Å². The first kappa shape index (κ1) is 19.9. The van der Waals surface area contributed by atoms with Crippen molar-refractivity contribution in [1.82, 2.24) is 0 Å². The lowest BCUT2D eigenvalue weighted by Crippen LogP contribution is -2.34. The predicted molar refractivity (Wildman–Crippen MR) is 135 cm³/mol. The van der Waals surface area contributed by atoms with Crippen LogP contribution in [-0.2, 0) is 10.3 Å². The largest absolute Gasteiger partial charge is 0.374 e. The van der Waals surface area contributed by atoms with Crippen LogP contribution in [0.3, 0.4) is 0 Å². The molecule has 2 atom stereocenters. The van der Waals surface area contributed by atoms with E-state index in [4.69, 9.17) is 9.73 Å². The van der Waals surface area contributed by atoms with Gasteiger partial charge in [-0.1, -0.05) is 109 Å². The predicted octanol–water partition coefficient (Wildman–Crippen LogP) is 6.90. The molecule has 0 amide bonds. The monoisotopic (exact) mass is 427 g/mol. The van der Waals surface area contributed by atoms with E-state index in [0.29, 0.717) is 0 Å². The Labute approximate surface area is 194 Å². The quantitative estimate of drug-likeness (QED) is 0.307. The van der Waals surface area contributed by atoms with Crippen molar-refractivity contribution >= 4 is 11.3 Å². The number of rotatable bonds is 3. The molecule has 4 aromatic carbocycles. The third-order valence-electron chi connectivity index (χ3n) is 6.97. The molecular formula is C31H25NO. The zero-order valence-electron chi connectivity index (χ0n) is 18.8. The van der Waals surface area contributed by atoms with Crippen LogP contribution in [0.2, 0.25) is 0 Å². The van der Waals surface area contributed by atoms with Gasteiger partial charge in [0.15, 0.2) is 0 Å². The number of benzene rings is 4. The van der Waals surface area contributed by atoms with Gasteiger partial charge in [0.1, 0.15) is 11.6 Å². The summed E-state index contributed by atoms with van der Waals surface area (Å²) in [6.07, 6.45) is -0.218. The minimum atomic E-state index is -0.532. The highest BCUT2D eigenvalue weighted by molar-refractivity contribution is 6.22. The molecule has 0 spiro atoms. The molecule has 33 heavy (non-hydrogen) atoms. The van der Waals surface area contributed by atoms with E-state index in [1.807, 2.05) is 13.2 Å². The third-order valence-corrected chi connectivity index (χ3v) is 6.97. The van der Waals surface area contributed by atoms with Gasteiger partial charge in [-0.25, -0.2) is 0 Å². The topological polar surface area (TPSA) is 21.6 Å². The molecule has 0 aromatic heterocycles. The molecule has 1 aliphatic heterocycles. The van der Waals surface area contributed by atoms with Crippen LogP contribution < -0.4 is 0 Å². The van der Waals surface area contributed by atoms with Crippen LogP contribution in [0.5, 0.6) is 0 Å². The summed E-state index contributed by atoms with van der Waals surface area (Å²) < 4.78 is 6.32. The lowest BCUT2D eigenvalue weighted by molar-refractivity contribution is 0.0818. The second-order valence-electron chi connectivity index (χ2n) is 8.84. The highest BCUT2D eigenvalue weighted by atomic mass is 16.5. The number of hydrogen-bond acceptors (Lipinski definition) is 2. The van der Waals surface area contributed by atoms with Crippen LogP contribution >= 0.6 is 0 Å². The minimum absolute atomic E-state index is 0.218. The Bertz CT molecular complexity index is 1350. The first-order chi connectivity index (χ1) is 16.2. The maximum absolute atomic E-state index is 6.32. The summed E-state index contributed by atoms with van der Waals surface area (Å²) >= 11 is 0. The van der Waals surface area contributed by atoms with Crippen molar-refractivity contribution in [3.05, 3.63) is 137 Å². The maximum atomic E-state index is 6.32. The second-order valence-corrected chi connectivity index (χ2v) is 8.84. The Hall–Kier alpha value is -3.75. The van der Waals surface area contributed by atoms with Crippen molar-refractivity contribution in [2.24, 2.45) is 4.99 Å². The van der Waals surface area contributed by atoms with Crippen molar-refractivity contribution in [3.8, 4) is 11.1 Å². The van der Waals surface area contributed by atoms with E-state index < -0.39 is 5.54 Å². The molecule has 2 nitrogen and oxygen atoms in total. The molecule has 0 radical (unpaired) electrons. The van der Waals surface area contributed by atoms with Gasteiger partial charge in [-0.15, -0.1) is 0 Å². The number of aliphatic imine (C=N–C) groups is 1. The molecule has 2 heteroatoms. The number of nitrogens with zero attached hydrogens (tertiary/aromatic N) is 1. The normalized spacial score (nSPS) is 21.0. The molecule has 0 saturated heterocycles. The average molecular weight is 428 g/mol. The van der Waals surface area contributed by atoms with Crippen LogP contribution in [0, 0.1) is 0 Å². The molecule has 160 valence electrons. The molecule has 6 rings (SSSR count). The summed E-state index contributed by atoms with van der Waals surface area (Å²) in [4.78, 5) is 5.42. The average Bonchev–Trinajstić information content (AvgIpc) is 3.37. The molecule has 1 aliphatic carbocycles. The summed E-state index contributed by atoms with van der Waals surface area (Å²) in [7, 11) is 1.81. The molecule has 0 saturated carbocycles. The minimum Gasteiger partial charge on any atom is -0.374 e. The second kappa shape index (κ2) is 7.68. The maximum Gasteiger partial charge on any atom is 0.114 e. The van der Waals surface area contributed by atoms with Gasteiger partial charge >= 0.3 is 0 Å². The van der Waals surface area contributed by atoms with Crippen LogP contribution in [-0.4, -0.2) is 18.9 Å². The van der Waals surface area contributed by atoms with Crippen LogP contribution in [0.25, 0.3) is 16.7 Å². The van der Waals surface area contributed by atoms with Gasteiger partial charge in [-0.05, 0) is 40.3 Å². The van der Waals surface area contributed by atoms with Gasteiger partial charge in [0.25, 0.3) is 0 Å². The standard InChI is InChI=1S/C31H25NO/c1-31(22-15-7-4-8-16-22)30(33-2)28(29(32-31)21-13-5-3-6-14-21)27-25-19-11-9-17-23(25)24-18-10-12-20-26(24)27/h3-20,30H,1-2H3/t30?,31-/m1/s1. The van der Waals surface area contributed by atoms with E-state index >= 15 is 0 Å². The van der Waals surface area contributed by atoms with E-state index in [9.17, 15) is 0 Å². The van der Waals surface area contributed by atoms with Gasteiger partial charge < -0.3 is 4.74 Å². The first-order valence-electron chi connectivity index (χ1n) is 11.4. The molecule has 1 heterocycles. The zero-order valence-corrected chi connectivity index (χ0v) is 18.8. The summed E-state index contributed by atoms with van der Waals surface area (Å²) in [5.41, 5.74) is 10.2. The van der Waals surface area contributed by atoms with Crippen molar-refractivity contribution < 1.29 is 4.74 Å². The number of ether oxygens (including phenoxy) is 1. The number of fused-ring (bicyclic) bond motifs is 3. The van der Waals surface area contributed by atoms with E-state index in [-0.39, 0.29) is 6.10 Å². The Morgan fingerprint density at radius 1 is 0.636 bits per heavy atom. The molecular weight excluding hydrogens is 402 g/mol. The number of methoxy groups -OCH3 is 1. The fourth-order valence-corrected chi connectivity index (χ4v) is 5.47. The fourth-order valence-electron chi connectivity index (χ4n) is 5.47. The smallest absolute Gasteiger partial charge is 0.114 e. The lowest BCUT2D eigenvalue weighted by Gasteiger charge is -2.30. The molecule has 0 bridgehead atoms. The Kier molecular flexibility index (Phi) is 4.63. The van der Waals surface area contributed by atoms with Crippen molar-refractivity contribution in [2.45, 2.75) is 18.6 Å². The number of hydrogen-bond donors (Lipinski definition) is 0. The SMILES string of the molecule is COC1C(=C2c3ccccc3-c3ccccc32)C(c2ccccc2)=N[C@]1(C)c1ccccc1. The molecule has 0 fully saturated rings. The summed E-state index contributed by atoms with van der Waals surface area (Å²) in [5.74, 6) is 0. The van der Waals surface area contributed by atoms with E-state index in [1.54, 1.807) is 0 Å². The molecule has 1 unspecified atom stereocenters. The highest BCUT2D eigenvalue weighted by Gasteiger charge is 2.48. The van der Waals surface area contributed by atoms with E-state index in [0.717, 1.165) is 22.4 Å². The van der Waals surface area contributed by atoms with Crippen LogP contribution in [0.4, 0.5) is 0 Å². The Morgan fingerprint density at radius 2 is 1.12 bits per heavy atom. The van der Waals surface area contributed by atoms with E-state index in [2.05, 4.69) is 110 Å². The Balaban J connectivity index is 1.71. The van der Waals surface area contributed by atoms with Crippen LogP contribution in [0.1, 0.15) is 29.2 Å². The summed E-state index contributed by atoms with van der Waals surface area (Å²) in [6.45, 7) is 2.19. The zero-order chi connectivity index (χ0) is 22.4. The summed E-state index contributed by atoms with van der Waals surface area (Å²) in [5, 5.41) is 0. The fraction of sp³-hybridized carbons (Fsp3) is 0.129. The van der Waals surface area contributed by atoms with Gasteiger partial charge in [0.2, 0.25) is 0 Å². The van der Waals surface area contributed by atoms with Crippen molar-refractivity contribution in [2.75, 3.05) is 7.11 Å². The Morgan fingerprint density at radius 3 is 1.67 bits per heavy atom.